The molecule has 0 aliphatic carbocycles. The van der Waals surface area contributed by atoms with Crippen molar-refractivity contribution < 1.29 is 13.6 Å². The van der Waals surface area contributed by atoms with E-state index < -0.39 is 6.05 Å². The summed E-state index contributed by atoms with van der Waals surface area (Å²) in [6, 6.07) is -2.85. The second kappa shape index (κ2) is 1.40. The van der Waals surface area contributed by atoms with Crippen LogP contribution in [0.3, 0.4) is 0 Å². The highest BCUT2D eigenvalue weighted by molar-refractivity contribution is 5.49. The molecule has 0 N–H and O–H groups in total. The van der Waals surface area contributed by atoms with Crippen LogP contribution < -0.4 is 0 Å². The quantitative estimate of drug-likeness (QED) is 0.364. The van der Waals surface area contributed by atoms with Crippen LogP contribution >= 0.6 is 0 Å². The van der Waals surface area contributed by atoms with Crippen molar-refractivity contribution in [1.82, 2.24) is 4.90 Å². The van der Waals surface area contributed by atoms with Gasteiger partial charge in [-0.1, -0.05) is 0 Å². The van der Waals surface area contributed by atoms with Gasteiger partial charge >= 0.3 is 6.05 Å². The summed E-state index contributed by atoms with van der Waals surface area (Å²) in [7, 11) is 0. The molecule has 1 heterocycles. The first kappa shape index (κ1) is 5.47. The first-order chi connectivity index (χ1) is 3.67. The Labute approximate surface area is 45.1 Å². The molecule has 0 radical (unpaired) electrons. The molecule has 1 rings (SSSR count). The van der Waals surface area contributed by atoms with Crippen LogP contribution in [0.15, 0.2) is 0 Å². The van der Waals surface area contributed by atoms with Crippen LogP contribution in [0.1, 0.15) is 6.42 Å². The van der Waals surface area contributed by atoms with Gasteiger partial charge in [0.25, 0.3) is 0 Å². The Kier molecular flexibility index (Phi) is 0.957. The standard InChI is InChI=1S/C4H5F2NO/c5-4(6)1-2-7(4)3-8/h3H,1-2H2. The summed E-state index contributed by atoms with van der Waals surface area (Å²) in [4.78, 5) is 10.1. The second-order valence-electron chi connectivity index (χ2n) is 1.71. The SMILES string of the molecule is O=CN1CCC1(F)F. The smallest absolute Gasteiger partial charge is 0.286 e. The van der Waals surface area contributed by atoms with Gasteiger partial charge < -0.3 is 0 Å². The van der Waals surface area contributed by atoms with Crippen molar-refractivity contribution in [3.05, 3.63) is 0 Å². The van der Waals surface area contributed by atoms with Crippen molar-refractivity contribution in [3.63, 3.8) is 0 Å². The van der Waals surface area contributed by atoms with Crippen LogP contribution in [0.4, 0.5) is 8.78 Å². The first-order valence-corrected chi connectivity index (χ1v) is 2.27. The molecule has 1 aliphatic heterocycles. The third-order valence-electron chi connectivity index (χ3n) is 1.20. The molecule has 0 atom stereocenters. The summed E-state index contributed by atoms with van der Waals surface area (Å²) in [5.41, 5.74) is 0. The fraction of sp³-hybridized carbons (Fsp3) is 0.750. The van der Waals surface area contributed by atoms with Gasteiger partial charge in [-0.2, -0.15) is 8.78 Å². The van der Waals surface area contributed by atoms with E-state index in [2.05, 4.69) is 0 Å². The lowest BCUT2D eigenvalue weighted by molar-refractivity contribution is -0.206. The van der Waals surface area contributed by atoms with E-state index in [1.165, 1.54) is 0 Å². The van der Waals surface area contributed by atoms with Gasteiger partial charge in [0, 0.05) is 13.0 Å². The zero-order valence-electron chi connectivity index (χ0n) is 4.10. The lowest BCUT2D eigenvalue weighted by atomic mass is 10.2. The topological polar surface area (TPSA) is 20.3 Å². The first-order valence-electron chi connectivity index (χ1n) is 2.27. The molecule has 8 heavy (non-hydrogen) atoms. The highest BCUT2D eigenvalue weighted by atomic mass is 19.3. The van der Waals surface area contributed by atoms with E-state index in [9.17, 15) is 13.6 Å². The lowest BCUT2D eigenvalue weighted by Gasteiger charge is -2.36. The number of rotatable bonds is 1. The maximum atomic E-state index is 11.9. The zero-order chi connectivity index (χ0) is 6.20. The molecule has 0 spiro atoms. The summed E-state index contributed by atoms with van der Waals surface area (Å²) in [6.45, 7) is 0.191. The molecule has 46 valence electrons. The number of likely N-dealkylation sites (tertiary alicyclic amines) is 1. The molecular weight excluding hydrogens is 116 g/mol. The minimum Gasteiger partial charge on any atom is -0.286 e. The Bertz CT molecular complexity index is 115. The second-order valence-corrected chi connectivity index (χ2v) is 1.71. The van der Waals surface area contributed by atoms with Crippen LogP contribution in [-0.2, 0) is 4.79 Å². The molecule has 0 unspecified atom stereocenters. The summed E-state index contributed by atoms with van der Waals surface area (Å²) >= 11 is 0. The van der Waals surface area contributed by atoms with E-state index in [1.54, 1.807) is 0 Å². The van der Waals surface area contributed by atoms with Gasteiger partial charge in [-0.25, -0.2) is 0 Å². The number of carbonyl (C=O) groups is 1. The van der Waals surface area contributed by atoms with E-state index in [0.717, 1.165) is 0 Å². The predicted molar refractivity (Wildman–Crippen MR) is 22.3 cm³/mol. The highest BCUT2D eigenvalue weighted by Gasteiger charge is 2.44. The zero-order valence-corrected chi connectivity index (χ0v) is 4.10. The fourth-order valence-electron chi connectivity index (χ4n) is 0.540. The average Bonchev–Trinajstić information content (AvgIpc) is 1.66. The van der Waals surface area contributed by atoms with Gasteiger partial charge in [-0.3, -0.25) is 9.69 Å². The van der Waals surface area contributed by atoms with Crippen LogP contribution in [0.2, 0.25) is 0 Å². The summed E-state index contributed by atoms with van der Waals surface area (Å²) in [5, 5.41) is 0. The number of carbonyl (C=O) groups excluding carboxylic acids is 1. The Morgan fingerprint density at radius 2 is 2.25 bits per heavy atom. The largest absolute Gasteiger partial charge is 0.329 e. The van der Waals surface area contributed by atoms with E-state index in [4.69, 9.17) is 0 Å². The molecule has 1 amide bonds. The molecule has 0 bridgehead atoms. The molecule has 0 aromatic rings. The fourth-order valence-corrected chi connectivity index (χ4v) is 0.540. The maximum Gasteiger partial charge on any atom is 0.329 e. The van der Waals surface area contributed by atoms with Crippen molar-refractivity contribution in [2.45, 2.75) is 12.5 Å². The number of halogens is 2. The van der Waals surface area contributed by atoms with Gasteiger partial charge in [0.15, 0.2) is 0 Å². The van der Waals surface area contributed by atoms with Gasteiger partial charge in [0.2, 0.25) is 6.41 Å². The average molecular weight is 121 g/mol. The third-order valence-corrected chi connectivity index (χ3v) is 1.20. The summed E-state index contributed by atoms with van der Waals surface area (Å²) in [5.74, 6) is 0. The Balaban J connectivity index is 2.49. The van der Waals surface area contributed by atoms with Gasteiger partial charge in [-0.05, 0) is 0 Å². The van der Waals surface area contributed by atoms with Crippen LogP contribution in [0.5, 0.6) is 0 Å². The van der Waals surface area contributed by atoms with Crippen LogP contribution in [-0.4, -0.2) is 23.9 Å². The van der Waals surface area contributed by atoms with E-state index in [0.29, 0.717) is 4.90 Å². The van der Waals surface area contributed by atoms with Crippen LogP contribution in [0, 0.1) is 0 Å². The van der Waals surface area contributed by atoms with Crippen molar-refractivity contribution >= 4 is 6.41 Å². The van der Waals surface area contributed by atoms with E-state index >= 15 is 0 Å². The number of hydrogen-bond donors (Lipinski definition) is 0. The van der Waals surface area contributed by atoms with Crippen molar-refractivity contribution in [1.29, 1.82) is 0 Å². The Hall–Kier alpha value is -0.670. The normalized spacial score (nSPS) is 24.5. The Morgan fingerprint density at radius 1 is 1.62 bits per heavy atom. The lowest BCUT2D eigenvalue weighted by Crippen LogP contribution is -2.52. The number of amides is 1. The highest BCUT2D eigenvalue weighted by Crippen LogP contribution is 2.31. The van der Waals surface area contributed by atoms with Crippen molar-refractivity contribution in [3.8, 4) is 0 Å². The molecular formula is C4H5F2NO. The monoisotopic (exact) mass is 121 g/mol. The van der Waals surface area contributed by atoms with E-state index in [1.807, 2.05) is 0 Å². The number of hydrogen-bond acceptors (Lipinski definition) is 1. The molecule has 0 saturated carbocycles. The van der Waals surface area contributed by atoms with Gasteiger partial charge in [0.05, 0.1) is 0 Å². The molecule has 1 fully saturated rings. The molecule has 2 nitrogen and oxygen atoms in total. The number of alkyl halides is 2. The molecule has 0 aromatic heterocycles. The molecule has 4 heteroatoms. The summed E-state index contributed by atoms with van der Waals surface area (Å²) < 4.78 is 23.8. The minimum atomic E-state index is -2.85. The van der Waals surface area contributed by atoms with Crippen molar-refractivity contribution in [2.24, 2.45) is 0 Å². The molecule has 0 aromatic carbocycles. The minimum absolute atomic E-state index is 0.170. The molecule has 1 aliphatic rings. The van der Waals surface area contributed by atoms with Gasteiger partial charge in [-0.15, -0.1) is 0 Å². The Morgan fingerprint density at radius 3 is 2.25 bits per heavy atom. The summed E-state index contributed by atoms with van der Waals surface area (Å²) in [6.07, 6.45) is -0.0186. The maximum absolute atomic E-state index is 11.9. The van der Waals surface area contributed by atoms with Crippen LogP contribution in [0.25, 0.3) is 0 Å². The third kappa shape index (κ3) is 0.562. The number of nitrogens with zero attached hydrogens (tertiary/aromatic N) is 1. The molecule has 1 saturated heterocycles. The van der Waals surface area contributed by atoms with Crippen molar-refractivity contribution in [2.75, 3.05) is 6.54 Å². The van der Waals surface area contributed by atoms with E-state index in [-0.39, 0.29) is 19.4 Å². The van der Waals surface area contributed by atoms with Gasteiger partial charge in [0.1, 0.15) is 0 Å². The predicted octanol–water partition coefficient (Wildman–Crippen LogP) is 0.441.